The third-order valence-electron chi connectivity index (χ3n) is 13.0. The molecule has 3 aromatic carbocycles. The maximum absolute atomic E-state index is 14.0. The topological polar surface area (TPSA) is 174 Å². The Morgan fingerprint density at radius 3 is 1.98 bits per heavy atom. The first kappa shape index (κ1) is 34.8. The lowest BCUT2D eigenvalue weighted by Crippen LogP contribution is -2.83. The molecule has 6 aliphatic rings. The summed E-state index contributed by atoms with van der Waals surface area (Å²) >= 11 is 0. The van der Waals surface area contributed by atoms with Gasteiger partial charge in [-0.25, -0.2) is 9.59 Å². The number of epoxide rings is 1. The first-order valence-corrected chi connectivity index (χ1v) is 18.0. The number of hydrogen-bond acceptors (Lipinski definition) is 12. The highest BCUT2D eigenvalue weighted by atomic mass is 16.9. The van der Waals surface area contributed by atoms with Crippen LogP contribution in [0.3, 0.4) is 0 Å². The second kappa shape index (κ2) is 11.3. The molecule has 3 aromatic rings. The molecule has 0 spiro atoms. The third-order valence-corrected chi connectivity index (χ3v) is 13.0. The second-order valence-corrected chi connectivity index (χ2v) is 15.8. The number of ether oxygens (including phenoxy) is 6. The van der Waals surface area contributed by atoms with E-state index in [1.54, 1.807) is 105 Å². The van der Waals surface area contributed by atoms with Crippen LogP contribution in [0.25, 0.3) is 0 Å². The molecule has 9 rings (SSSR count). The minimum Gasteiger partial charge on any atom is -0.455 e. The van der Waals surface area contributed by atoms with E-state index >= 15 is 0 Å². The lowest BCUT2D eigenvalue weighted by atomic mass is 9.50. The van der Waals surface area contributed by atoms with E-state index in [2.05, 4.69) is 6.58 Å². The zero-order valence-corrected chi connectivity index (χ0v) is 29.5. The summed E-state index contributed by atoms with van der Waals surface area (Å²) in [5.74, 6) is -6.48. The number of aliphatic hydroxyl groups excluding tert-OH is 2. The first-order chi connectivity index (χ1) is 25.2. The largest absolute Gasteiger partial charge is 0.455 e. The Labute approximate surface area is 305 Å². The van der Waals surface area contributed by atoms with Crippen LogP contribution < -0.4 is 0 Å². The van der Waals surface area contributed by atoms with E-state index in [9.17, 15) is 30.0 Å². The Morgan fingerprint density at radius 2 is 1.42 bits per heavy atom. The number of hydrogen-bond donors (Lipinski definition) is 4. The maximum atomic E-state index is 14.0. The van der Waals surface area contributed by atoms with Gasteiger partial charge in [-0.15, -0.1) is 0 Å². The van der Waals surface area contributed by atoms with Crippen molar-refractivity contribution in [2.24, 2.45) is 17.8 Å². The lowest BCUT2D eigenvalue weighted by molar-refractivity contribution is -0.459. The number of rotatable bonds is 7. The van der Waals surface area contributed by atoms with Crippen LogP contribution in [-0.4, -0.2) is 97.5 Å². The van der Waals surface area contributed by atoms with E-state index in [4.69, 9.17) is 28.4 Å². The Balaban J connectivity index is 1.29. The van der Waals surface area contributed by atoms with Crippen molar-refractivity contribution in [3.05, 3.63) is 120 Å². The van der Waals surface area contributed by atoms with Gasteiger partial charge in [0.2, 0.25) is 0 Å². The number of carbonyl (C=O) groups is 2. The lowest BCUT2D eigenvalue weighted by Gasteiger charge is -2.64. The molecule has 6 fully saturated rings. The molecule has 278 valence electrons. The fourth-order valence-corrected chi connectivity index (χ4v) is 10.7. The van der Waals surface area contributed by atoms with E-state index in [0.29, 0.717) is 11.1 Å². The van der Waals surface area contributed by atoms with Gasteiger partial charge >= 0.3 is 17.9 Å². The predicted molar refractivity (Wildman–Crippen MR) is 184 cm³/mol. The summed E-state index contributed by atoms with van der Waals surface area (Å²) < 4.78 is 39.9. The second-order valence-electron chi connectivity index (χ2n) is 15.8. The Hall–Kier alpha value is -3.98. The summed E-state index contributed by atoms with van der Waals surface area (Å²) in [5, 5.41) is 50.3. The third kappa shape index (κ3) is 4.18. The van der Waals surface area contributed by atoms with Gasteiger partial charge in [0.25, 0.3) is 0 Å². The molecule has 0 radical (unpaired) electrons. The van der Waals surface area contributed by atoms with Crippen molar-refractivity contribution in [2.75, 3.05) is 6.61 Å². The van der Waals surface area contributed by atoms with E-state index in [1.165, 1.54) is 6.92 Å². The summed E-state index contributed by atoms with van der Waals surface area (Å²) in [6, 6.07) is 25.3. The average Bonchev–Trinajstić information content (AvgIpc) is 3.78. The summed E-state index contributed by atoms with van der Waals surface area (Å²) in [5.41, 5.74) is -9.05. The molecule has 14 unspecified atom stereocenters. The predicted octanol–water partition coefficient (Wildman–Crippen LogP) is 3.02. The molecule has 3 aliphatic heterocycles. The number of fused-ring (bicyclic) bond motifs is 3. The van der Waals surface area contributed by atoms with E-state index in [0.717, 1.165) is 0 Å². The number of esters is 2. The molecule has 12 nitrogen and oxygen atoms in total. The molecule has 14 atom stereocenters. The minimum atomic E-state index is -2.40. The molecule has 3 aliphatic carbocycles. The van der Waals surface area contributed by atoms with Crippen LogP contribution in [0.15, 0.2) is 103 Å². The van der Waals surface area contributed by atoms with Crippen molar-refractivity contribution in [3.63, 3.8) is 0 Å². The average molecular weight is 727 g/mol. The van der Waals surface area contributed by atoms with Gasteiger partial charge in [0.05, 0.1) is 23.7 Å². The number of carbonyl (C=O) groups excluding carboxylic acids is 2. The van der Waals surface area contributed by atoms with Crippen LogP contribution >= 0.6 is 0 Å². The van der Waals surface area contributed by atoms with Gasteiger partial charge in [-0.05, 0) is 56.0 Å². The highest BCUT2D eigenvalue weighted by Crippen LogP contribution is 2.76. The summed E-state index contributed by atoms with van der Waals surface area (Å²) in [7, 11) is 0. The summed E-state index contributed by atoms with van der Waals surface area (Å²) in [6.07, 6.45) is -6.93. The van der Waals surface area contributed by atoms with E-state index < -0.39 is 101 Å². The van der Waals surface area contributed by atoms with Crippen LogP contribution in [0.4, 0.5) is 0 Å². The van der Waals surface area contributed by atoms with Crippen molar-refractivity contribution < 1.29 is 58.4 Å². The molecule has 3 heterocycles. The molecule has 4 N–H and O–H groups in total. The number of benzene rings is 3. The fourth-order valence-electron chi connectivity index (χ4n) is 10.7. The molecule has 53 heavy (non-hydrogen) atoms. The van der Waals surface area contributed by atoms with E-state index in [1.807, 2.05) is 0 Å². The van der Waals surface area contributed by atoms with Crippen molar-refractivity contribution in [2.45, 2.75) is 91.7 Å². The van der Waals surface area contributed by atoms with Crippen LogP contribution in [0, 0.1) is 17.8 Å². The van der Waals surface area contributed by atoms with Gasteiger partial charge in [-0.2, -0.15) is 0 Å². The van der Waals surface area contributed by atoms with Gasteiger partial charge in [-0.1, -0.05) is 80.2 Å². The van der Waals surface area contributed by atoms with Crippen molar-refractivity contribution in [3.8, 4) is 0 Å². The van der Waals surface area contributed by atoms with Gasteiger partial charge in [0.1, 0.15) is 46.8 Å². The molecule has 3 saturated carbocycles. The maximum Gasteiger partial charge on any atom is 0.338 e. The molecule has 0 aromatic heterocycles. The van der Waals surface area contributed by atoms with Gasteiger partial charge in [0, 0.05) is 11.5 Å². The normalized spacial score (nSPS) is 45.6. The number of aliphatic hydroxyl groups is 4. The highest BCUT2D eigenvalue weighted by Gasteiger charge is 2.94. The highest BCUT2D eigenvalue weighted by molar-refractivity contribution is 5.90. The minimum absolute atomic E-state index is 0.0538. The molecule has 3 saturated heterocycles. The van der Waals surface area contributed by atoms with Crippen molar-refractivity contribution in [1.29, 1.82) is 0 Å². The standard InChI is InChI=1S/C41H42O12/c1-22(2)39-31-28-30-37(21-42,50-30)34(45)38(47)27(20-23(3)29(38)48-32(43)24-14-8-5-9-15-24)40(28,53-41(51-31,52-39)26-18-12-7-13-19-26)36(4,46)35(39)49-33(44)25-16-10-6-11-17-25/h5-19,23,27-31,34-35,42,45-47H,1,20-21H2,2-4H3. The van der Waals surface area contributed by atoms with Crippen LogP contribution in [0.5, 0.6) is 0 Å². The fraction of sp³-hybridized carbons (Fsp3) is 0.463. The van der Waals surface area contributed by atoms with Gasteiger partial charge < -0.3 is 48.8 Å². The van der Waals surface area contributed by atoms with Crippen LogP contribution in [0.2, 0.25) is 0 Å². The van der Waals surface area contributed by atoms with Crippen LogP contribution in [0.1, 0.15) is 53.5 Å². The molecular weight excluding hydrogens is 684 g/mol. The van der Waals surface area contributed by atoms with Gasteiger partial charge in [-0.3, -0.25) is 0 Å². The monoisotopic (exact) mass is 726 g/mol. The van der Waals surface area contributed by atoms with E-state index in [-0.39, 0.29) is 17.5 Å². The Morgan fingerprint density at radius 1 is 0.849 bits per heavy atom. The summed E-state index contributed by atoms with van der Waals surface area (Å²) in [4.78, 5) is 27.7. The summed E-state index contributed by atoms with van der Waals surface area (Å²) in [6.45, 7) is 8.47. The molecular formula is C41H42O12. The molecule has 3 bridgehead atoms. The van der Waals surface area contributed by atoms with Crippen molar-refractivity contribution >= 4 is 11.9 Å². The quantitative estimate of drug-likeness (QED) is 0.160. The first-order valence-electron chi connectivity index (χ1n) is 18.0. The SMILES string of the molecule is C=C(C)C12OC3(c4ccccc4)OC1C1C4OC4(CO)C(O)C4(O)C(OC(=O)c5ccccc5)C(C)CC4C1(O3)C(C)(O)C2OC(=O)c1ccccc1. The zero-order chi connectivity index (χ0) is 37.3. The Kier molecular flexibility index (Phi) is 7.40. The zero-order valence-electron chi connectivity index (χ0n) is 29.5. The molecule has 0 amide bonds. The molecule has 12 heteroatoms. The Bertz CT molecular complexity index is 1970. The van der Waals surface area contributed by atoms with Gasteiger partial charge in [0.15, 0.2) is 11.7 Å². The van der Waals surface area contributed by atoms with Crippen LogP contribution in [-0.2, 0) is 34.4 Å². The van der Waals surface area contributed by atoms with Crippen molar-refractivity contribution in [1.82, 2.24) is 0 Å². The smallest absolute Gasteiger partial charge is 0.338 e.